The predicted molar refractivity (Wildman–Crippen MR) is 118 cm³/mol. The average molecular weight is 428 g/mol. The molecule has 0 radical (unpaired) electrons. The van der Waals surface area contributed by atoms with Crippen molar-refractivity contribution < 1.29 is 29.3 Å². The Hall–Kier alpha value is -4.32. The van der Waals surface area contributed by atoms with Crippen molar-refractivity contribution in [2.24, 2.45) is 0 Å². The SMILES string of the molecule is O=C(O)c1cccc(OC2=CCC(Oc3cccc(C(=O)O)c3)(c3ccccc3)C=C2)c1. The van der Waals surface area contributed by atoms with Crippen LogP contribution in [-0.4, -0.2) is 22.2 Å². The molecule has 0 aromatic heterocycles. The lowest BCUT2D eigenvalue weighted by Gasteiger charge is -2.33. The highest BCUT2D eigenvalue weighted by Gasteiger charge is 2.33. The number of allylic oxidation sites excluding steroid dienone is 1. The van der Waals surface area contributed by atoms with Crippen LogP contribution in [0.15, 0.2) is 103 Å². The van der Waals surface area contributed by atoms with Crippen molar-refractivity contribution >= 4 is 11.9 Å². The molecule has 3 aromatic rings. The highest BCUT2D eigenvalue weighted by molar-refractivity contribution is 5.88. The number of rotatable bonds is 7. The van der Waals surface area contributed by atoms with Gasteiger partial charge in [0.25, 0.3) is 0 Å². The van der Waals surface area contributed by atoms with Crippen molar-refractivity contribution in [2.75, 3.05) is 0 Å². The van der Waals surface area contributed by atoms with Gasteiger partial charge in [0.15, 0.2) is 5.60 Å². The van der Waals surface area contributed by atoms with E-state index in [9.17, 15) is 14.7 Å². The van der Waals surface area contributed by atoms with Crippen LogP contribution in [0.1, 0.15) is 32.7 Å². The summed E-state index contributed by atoms with van der Waals surface area (Å²) in [4.78, 5) is 22.5. The fourth-order valence-electron chi connectivity index (χ4n) is 3.48. The smallest absolute Gasteiger partial charge is 0.335 e. The van der Waals surface area contributed by atoms with Crippen LogP contribution in [0.4, 0.5) is 0 Å². The molecule has 1 unspecified atom stereocenters. The minimum Gasteiger partial charge on any atom is -0.478 e. The van der Waals surface area contributed by atoms with Crippen LogP contribution < -0.4 is 9.47 Å². The van der Waals surface area contributed by atoms with Crippen LogP contribution in [0.2, 0.25) is 0 Å². The molecule has 6 heteroatoms. The van der Waals surface area contributed by atoms with Gasteiger partial charge in [0.2, 0.25) is 0 Å². The largest absolute Gasteiger partial charge is 0.478 e. The highest BCUT2D eigenvalue weighted by atomic mass is 16.5. The minimum atomic E-state index is -1.03. The lowest BCUT2D eigenvalue weighted by Crippen LogP contribution is -2.32. The van der Waals surface area contributed by atoms with E-state index in [2.05, 4.69) is 0 Å². The van der Waals surface area contributed by atoms with Gasteiger partial charge < -0.3 is 19.7 Å². The van der Waals surface area contributed by atoms with Crippen LogP contribution in [0.25, 0.3) is 0 Å². The van der Waals surface area contributed by atoms with Gasteiger partial charge in [0.1, 0.15) is 17.3 Å². The molecule has 1 atom stereocenters. The summed E-state index contributed by atoms with van der Waals surface area (Å²) in [5.74, 6) is -0.637. The summed E-state index contributed by atoms with van der Waals surface area (Å²) < 4.78 is 12.2. The van der Waals surface area contributed by atoms with Gasteiger partial charge in [-0.05, 0) is 60.2 Å². The molecule has 2 N–H and O–H groups in total. The van der Waals surface area contributed by atoms with Crippen molar-refractivity contribution in [1.82, 2.24) is 0 Å². The maximum absolute atomic E-state index is 11.3. The molecule has 0 spiro atoms. The van der Waals surface area contributed by atoms with Gasteiger partial charge in [-0.3, -0.25) is 0 Å². The molecule has 0 heterocycles. The Morgan fingerprint density at radius 2 is 1.41 bits per heavy atom. The normalized spacial score (nSPS) is 17.3. The summed E-state index contributed by atoms with van der Waals surface area (Å²) in [5, 5.41) is 18.5. The number of carboxylic acids is 2. The standard InChI is InChI=1S/C26H20O6/c27-24(28)18-6-4-10-22(16-18)31-21-12-14-26(15-13-21,20-8-2-1-3-9-20)32-23-11-5-7-19(17-23)25(29)30/h1-14,16-17H,15H2,(H,27,28)(H,29,30). The third-order valence-corrected chi connectivity index (χ3v) is 5.08. The van der Waals surface area contributed by atoms with E-state index in [0.717, 1.165) is 5.56 Å². The molecular formula is C26H20O6. The number of carboxylic acid groups (broad SMARTS) is 2. The van der Waals surface area contributed by atoms with Crippen LogP contribution in [0.3, 0.4) is 0 Å². The molecule has 0 saturated heterocycles. The zero-order chi connectivity index (χ0) is 22.6. The van der Waals surface area contributed by atoms with Gasteiger partial charge in [-0.25, -0.2) is 9.59 Å². The Kier molecular flexibility index (Phi) is 5.77. The molecule has 32 heavy (non-hydrogen) atoms. The second-order valence-corrected chi connectivity index (χ2v) is 7.27. The molecular weight excluding hydrogens is 408 g/mol. The Morgan fingerprint density at radius 1 is 0.781 bits per heavy atom. The Morgan fingerprint density at radius 3 is 2.00 bits per heavy atom. The summed E-state index contributed by atoms with van der Waals surface area (Å²) >= 11 is 0. The molecule has 1 aliphatic rings. The number of benzene rings is 3. The first-order valence-corrected chi connectivity index (χ1v) is 9.94. The molecule has 0 saturated carbocycles. The monoisotopic (exact) mass is 428 g/mol. The molecule has 4 rings (SSSR count). The third-order valence-electron chi connectivity index (χ3n) is 5.08. The van der Waals surface area contributed by atoms with Crippen LogP contribution in [0, 0.1) is 0 Å². The van der Waals surface area contributed by atoms with E-state index in [1.165, 1.54) is 24.3 Å². The van der Waals surface area contributed by atoms with Gasteiger partial charge in [-0.1, -0.05) is 42.5 Å². The Balaban J connectivity index is 1.61. The number of ether oxygens (including phenoxy) is 2. The Bertz CT molecular complexity index is 1210. The number of carbonyl (C=O) groups is 2. The van der Waals surface area contributed by atoms with Gasteiger partial charge >= 0.3 is 11.9 Å². The molecule has 6 nitrogen and oxygen atoms in total. The minimum absolute atomic E-state index is 0.142. The summed E-state index contributed by atoms with van der Waals surface area (Å²) in [7, 11) is 0. The second kappa shape index (κ2) is 8.81. The van der Waals surface area contributed by atoms with Crippen molar-refractivity contribution in [2.45, 2.75) is 12.0 Å². The first-order valence-electron chi connectivity index (χ1n) is 9.94. The van der Waals surface area contributed by atoms with Gasteiger partial charge in [-0.15, -0.1) is 0 Å². The molecule has 0 amide bonds. The maximum Gasteiger partial charge on any atom is 0.335 e. The summed E-state index contributed by atoms with van der Waals surface area (Å²) in [6.45, 7) is 0. The number of hydrogen-bond acceptors (Lipinski definition) is 4. The molecule has 160 valence electrons. The molecule has 3 aromatic carbocycles. The van der Waals surface area contributed by atoms with E-state index >= 15 is 0 Å². The number of hydrogen-bond donors (Lipinski definition) is 2. The second-order valence-electron chi connectivity index (χ2n) is 7.27. The predicted octanol–water partition coefficient (Wildman–Crippen LogP) is 5.28. The summed E-state index contributed by atoms with van der Waals surface area (Å²) in [6.07, 6.45) is 5.93. The van der Waals surface area contributed by atoms with E-state index in [-0.39, 0.29) is 11.1 Å². The zero-order valence-corrected chi connectivity index (χ0v) is 17.0. The van der Waals surface area contributed by atoms with E-state index < -0.39 is 17.5 Å². The van der Waals surface area contributed by atoms with Gasteiger partial charge in [0, 0.05) is 6.42 Å². The quantitative estimate of drug-likeness (QED) is 0.532. The fourth-order valence-corrected chi connectivity index (χ4v) is 3.48. The van der Waals surface area contributed by atoms with Crippen LogP contribution in [0.5, 0.6) is 11.5 Å². The summed E-state index contributed by atoms with van der Waals surface area (Å²) in [6, 6.07) is 22.3. The van der Waals surface area contributed by atoms with Crippen molar-refractivity contribution in [3.8, 4) is 11.5 Å². The lowest BCUT2D eigenvalue weighted by molar-refractivity contribution is 0.0685. The van der Waals surface area contributed by atoms with Crippen molar-refractivity contribution in [3.05, 3.63) is 120 Å². The molecule has 0 aliphatic heterocycles. The zero-order valence-electron chi connectivity index (χ0n) is 17.0. The van der Waals surface area contributed by atoms with E-state index in [4.69, 9.17) is 14.6 Å². The Labute approximate surface area is 184 Å². The van der Waals surface area contributed by atoms with Crippen LogP contribution in [-0.2, 0) is 5.60 Å². The molecule has 1 aliphatic carbocycles. The lowest BCUT2D eigenvalue weighted by atomic mass is 9.86. The number of aromatic carboxylic acids is 2. The van der Waals surface area contributed by atoms with Crippen molar-refractivity contribution in [3.63, 3.8) is 0 Å². The summed E-state index contributed by atoms with van der Waals surface area (Å²) in [5.41, 5.74) is 0.334. The fraction of sp³-hybridized carbons (Fsp3) is 0.0769. The molecule has 0 fully saturated rings. The third kappa shape index (κ3) is 4.54. The average Bonchev–Trinajstić information content (AvgIpc) is 2.81. The first kappa shape index (κ1) is 20.9. The van der Waals surface area contributed by atoms with E-state index in [1.54, 1.807) is 30.3 Å². The van der Waals surface area contributed by atoms with Crippen molar-refractivity contribution in [1.29, 1.82) is 0 Å². The van der Waals surface area contributed by atoms with Gasteiger partial charge in [-0.2, -0.15) is 0 Å². The topological polar surface area (TPSA) is 93.1 Å². The van der Waals surface area contributed by atoms with Gasteiger partial charge in [0.05, 0.1) is 11.1 Å². The molecule has 0 bridgehead atoms. The van der Waals surface area contributed by atoms with Crippen LogP contribution >= 0.6 is 0 Å². The maximum atomic E-state index is 11.3. The highest BCUT2D eigenvalue weighted by Crippen LogP contribution is 2.37. The van der Waals surface area contributed by atoms with E-state index in [1.807, 2.05) is 42.5 Å². The first-order chi connectivity index (χ1) is 15.4. The van der Waals surface area contributed by atoms with E-state index in [0.29, 0.717) is 23.7 Å².